The first-order chi connectivity index (χ1) is 12.7. The standard InChI is InChI=1S/C22H21N3O/c1-15(16-7-3-2-4-8-16)24-22(26)12-11-17-13-19-18-9-5-6-10-20(18)25-21(19)14-23-17/h2-10,13-15,25H,11-12H2,1H3,(H,24,26). The lowest BCUT2D eigenvalue weighted by molar-refractivity contribution is -0.121. The third-order valence-electron chi connectivity index (χ3n) is 4.73. The summed E-state index contributed by atoms with van der Waals surface area (Å²) < 4.78 is 0. The van der Waals surface area contributed by atoms with Crippen molar-refractivity contribution in [3.05, 3.63) is 78.1 Å². The van der Waals surface area contributed by atoms with Gasteiger partial charge in [-0.25, -0.2) is 0 Å². The molecule has 0 aliphatic heterocycles. The molecule has 0 radical (unpaired) electrons. The lowest BCUT2D eigenvalue weighted by atomic mass is 10.1. The van der Waals surface area contributed by atoms with Gasteiger partial charge >= 0.3 is 0 Å². The number of hydrogen-bond donors (Lipinski definition) is 2. The van der Waals surface area contributed by atoms with Gasteiger partial charge in [-0.1, -0.05) is 48.5 Å². The zero-order valence-electron chi connectivity index (χ0n) is 14.7. The molecule has 0 saturated carbocycles. The van der Waals surface area contributed by atoms with Crippen LogP contribution in [-0.2, 0) is 11.2 Å². The van der Waals surface area contributed by atoms with Gasteiger partial charge in [0.15, 0.2) is 0 Å². The van der Waals surface area contributed by atoms with Crippen LogP contribution in [0.5, 0.6) is 0 Å². The number of fused-ring (bicyclic) bond motifs is 3. The van der Waals surface area contributed by atoms with Gasteiger partial charge in [0.1, 0.15) is 0 Å². The Balaban J connectivity index is 1.44. The van der Waals surface area contributed by atoms with E-state index < -0.39 is 0 Å². The van der Waals surface area contributed by atoms with Gasteiger partial charge in [0, 0.05) is 28.4 Å². The molecule has 0 saturated heterocycles. The van der Waals surface area contributed by atoms with Crippen LogP contribution in [0.1, 0.15) is 30.6 Å². The van der Waals surface area contributed by atoms with Gasteiger partial charge in [0.05, 0.1) is 17.8 Å². The van der Waals surface area contributed by atoms with Crippen molar-refractivity contribution in [2.75, 3.05) is 0 Å². The summed E-state index contributed by atoms with van der Waals surface area (Å²) in [6.07, 6.45) is 2.91. The predicted octanol–water partition coefficient (Wildman–Crippen LogP) is 4.53. The fraction of sp³-hybridized carbons (Fsp3) is 0.182. The summed E-state index contributed by atoms with van der Waals surface area (Å²) in [5, 5.41) is 5.40. The maximum atomic E-state index is 12.3. The number of aromatic amines is 1. The van der Waals surface area contributed by atoms with E-state index in [9.17, 15) is 4.79 Å². The summed E-state index contributed by atoms with van der Waals surface area (Å²) in [6, 6.07) is 20.3. The second-order valence-electron chi connectivity index (χ2n) is 6.59. The van der Waals surface area contributed by atoms with Crippen molar-refractivity contribution in [1.29, 1.82) is 0 Å². The average molecular weight is 343 g/mol. The number of benzene rings is 2. The quantitative estimate of drug-likeness (QED) is 0.559. The highest BCUT2D eigenvalue weighted by molar-refractivity contribution is 6.06. The number of nitrogens with one attached hydrogen (secondary N) is 2. The minimum Gasteiger partial charge on any atom is -0.353 e. The highest BCUT2D eigenvalue weighted by Gasteiger charge is 2.11. The van der Waals surface area contributed by atoms with Gasteiger partial charge < -0.3 is 10.3 Å². The maximum Gasteiger partial charge on any atom is 0.220 e. The topological polar surface area (TPSA) is 57.8 Å². The lowest BCUT2D eigenvalue weighted by Crippen LogP contribution is -2.26. The summed E-state index contributed by atoms with van der Waals surface area (Å²) in [7, 11) is 0. The highest BCUT2D eigenvalue weighted by Crippen LogP contribution is 2.25. The van der Waals surface area contributed by atoms with Gasteiger partial charge in [0.2, 0.25) is 5.91 Å². The van der Waals surface area contributed by atoms with E-state index in [1.54, 1.807) is 0 Å². The van der Waals surface area contributed by atoms with Gasteiger partial charge in [-0.05, 0) is 31.0 Å². The monoisotopic (exact) mass is 343 g/mol. The molecule has 4 rings (SSSR count). The molecule has 1 atom stereocenters. The first-order valence-corrected chi connectivity index (χ1v) is 8.90. The summed E-state index contributed by atoms with van der Waals surface area (Å²) in [6.45, 7) is 2.00. The number of aryl methyl sites for hydroxylation is 1. The van der Waals surface area contributed by atoms with E-state index in [0.717, 1.165) is 27.7 Å². The van der Waals surface area contributed by atoms with Crippen LogP contribution in [0.3, 0.4) is 0 Å². The SMILES string of the molecule is CC(NC(=O)CCc1cc2c(cn1)[nH]c1ccccc12)c1ccccc1. The molecule has 4 heteroatoms. The van der Waals surface area contributed by atoms with Crippen LogP contribution < -0.4 is 5.32 Å². The van der Waals surface area contributed by atoms with Crippen molar-refractivity contribution in [1.82, 2.24) is 15.3 Å². The predicted molar refractivity (Wildman–Crippen MR) is 105 cm³/mol. The van der Waals surface area contributed by atoms with E-state index in [1.165, 1.54) is 5.39 Å². The van der Waals surface area contributed by atoms with Crippen molar-refractivity contribution < 1.29 is 4.79 Å². The van der Waals surface area contributed by atoms with Crippen molar-refractivity contribution in [2.45, 2.75) is 25.8 Å². The van der Waals surface area contributed by atoms with Crippen LogP contribution in [0.2, 0.25) is 0 Å². The van der Waals surface area contributed by atoms with Crippen molar-refractivity contribution in [3.8, 4) is 0 Å². The number of hydrogen-bond acceptors (Lipinski definition) is 2. The third-order valence-corrected chi connectivity index (χ3v) is 4.73. The Labute approximate surface area is 152 Å². The average Bonchev–Trinajstić information content (AvgIpc) is 3.05. The second kappa shape index (κ2) is 7.00. The maximum absolute atomic E-state index is 12.3. The molecule has 1 unspecified atom stereocenters. The second-order valence-corrected chi connectivity index (χ2v) is 6.59. The highest BCUT2D eigenvalue weighted by atomic mass is 16.1. The minimum atomic E-state index is 0.00718. The van der Waals surface area contributed by atoms with E-state index in [-0.39, 0.29) is 11.9 Å². The first-order valence-electron chi connectivity index (χ1n) is 8.90. The molecule has 130 valence electrons. The van der Waals surface area contributed by atoms with E-state index in [1.807, 2.05) is 55.6 Å². The summed E-state index contributed by atoms with van der Waals surface area (Å²) in [4.78, 5) is 20.2. The van der Waals surface area contributed by atoms with Crippen molar-refractivity contribution >= 4 is 27.7 Å². The van der Waals surface area contributed by atoms with E-state index >= 15 is 0 Å². The number of nitrogens with zero attached hydrogens (tertiary/aromatic N) is 1. The number of rotatable bonds is 5. The zero-order chi connectivity index (χ0) is 17.9. The number of para-hydroxylation sites is 1. The summed E-state index contributed by atoms with van der Waals surface area (Å²) in [5.74, 6) is 0.0437. The van der Waals surface area contributed by atoms with E-state index in [4.69, 9.17) is 0 Å². The number of pyridine rings is 1. The largest absolute Gasteiger partial charge is 0.353 e. The Hall–Kier alpha value is -3.14. The number of carbonyl (C=O) groups excluding carboxylic acids is 1. The Bertz CT molecular complexity index is 1050. The Morgan fingerprint density at radius 1 is 1.04 bits per heavy atom. The summed E-state index contributed by atoms with van der Waals surface area (Å²) in [5.41, 5.74) is 4.18. The van der Waals surface area contributed by atoms with Crippen LogP contribution in [0.25, 0.3) is 21.8 Å². The van der Waals surface area contributed by atoms with Crippen LogP contribution >= 0.6 is 0 Å². The molecule has 1 amide bonds. The molecule has 0 spiro atoms. The van der Waals surface area contributed by atoms with Crippen molar-refractivity contribution in [2.24, 2.45) is 0 Å². The molecule has 4 aromatic rings. The minimum absolute atomic E-state index is 0.00718. The van der Waals surface area contributed by atoms with Gasteiger partial charge in [-0.2, -0.15) is 0 Å². The third kappa shape index (κ3) is 3.31. The molecular weight excluding hydrogens is 322 g/mol. The van der Waals surface area contributed by atoms with Crippen LogP contribution in [0, 0.1) is 0 Å². The number of amides is 1. The molecule has 26 heavy (non-hydrogen) atoms. The fourth-order valence-electron chi connectivity index (χ4n) is 3.31. The molecule has 2 aromatic carbocycles. The van der Waals surface area contributed by atoms with Crippen LogP contribution in [0.4, 0.5) is 0 Å². The van der Waals surface area contributed by atoms with E-state index in [2.05, 4.69) is 33.5 Å². The number of aromatic nitrogens is 2. The molecule has 0 bridgehead atoms. The number of H-pyrrole nitrogens is 1. The Morgan fingerprint density at radius 3 is 2.65 bits per heavy atom. The summed E-state index contributed by atoms with van der Waals surface area (Å²) >= 11 is 0. The Morgan fingerprint density at radius 2 is 1.81 bits per heavy atom. The normalized spacial score (nSPS) is 12.3. The van der Waals surface area contributed by atoms with Crippen molar-refractivity contribution in [3.63, 3.8) is 0 Å². The van der Waals surface area contributed by atoms with Gasteiger partial charge in [-0.15, -0.1) is 0 Å². The fourth-order valence-corrected chi connectivity index (χ4v) is 3.31. The molecule has 2 N–H and O–H groups in total. The zero-order valence-corrected chi connectivity index (χ0v) is 14.7. The van der Waals surface area contributed by atoms with E-state index in [0.29, 0.717) is 12.8 Å². The molecule has 0 fully saturated rings. The van der Waals surface area contributed by atoms with Crippen LogP contribution in [-0.4, -0.2) is 15.9 Å². The van der Waals surface area contributed by atoms with Gasteiger partial charge in [-0.3, -0.25) is 9.78 Å². The molecular formula is C22H21N3O. The molecule has 0 aliphatic rings. The Kier molecular flexibility index (Phi) is 4.40. The molecule has 2 aromatic heterocycles. The number of carbonyl (C=O) groups is 1. The molecule has 4 nitrogen and oxygen atoms in total. The first kappa shape index (κ1) is 16.3. The lowest BCUT2D eigenvalue weighted by Gasteiger charge is -2.14. The van der Waals surface area contributed by atoms with Crippen LogP contribution in [0.15, 0.2) is 66.9 Å². The smallest absolute Gasteiger partial charge is 0.220 e. The molecule has 0 aliphatic carbocycles. The van der Waals surface area contributed by atoms with Gasteiger partial charge in [0.25, 0.3) is 0 Å². The molecule has 2 heterocycles.